The maximum Gasteiger partial charge on any atom is 0.159 e. The molecule has 0 bridgehead atoms. The standard InChI is InChI=1S/C12H15ClN2O/c1-9(16)10-6-11(13)8-12(7-10)15-4-2-14-3-5-15/h6-8,14H,2-5H2,1H3. The number of nitrogens with zero attached hydrogens (tertiary/aromatic N) is 1. The number of carbonyl (C=O) groups excluding carboxylic acids is 1. The summed E-state index contributed by atoms with van der Waals surface area (Å²) in [6.45, 7) is 5.42. The third-order valence-corrected chi connectivity index (χ3v) is 2.99. The second-order valence-corrected chi connectivity index (χ2v) is 4.43. The van der Waals surface area contributed by atoms with Gasteiger partial charge in [-0.3, -0.25) is 4.79 Å². The quantitative estimate of drug-likeness (QED) is 0.800. The molecule has 1 saturated heterocycles. The highest BCUT2D eigenvalue weighted by molar-refractivity contribution is 6.31. The molecule has 4 heteroatoms. The van der Waals surface area contributed by atoms with Gasteiger partial charge in [-0.1, -0.05) is 11.6 Å². The Morgan fingerprint density at radius 3 is 2.62 bits per heavy atom. The maximum atomic E-state index is 11.3. The first-order valence-corrected chi connectivity index (χ1v) is 5.82. The smallest absolute Gasteiger partial charge is 0.159 e. The van der Waals surface area contributed by atoms with E-state index in [-0.39, 0.29) is 5.78 Å². The van der Waals surface area contributed by atoms with Crippen molar-refractivity contribution in [2.24, 2.45) is 0 Å². The first kappa shape index (κ1) is 11.4. The largest absolute Gasteiger partial charge is 0.369 e. The highest BCUT2D eigenvalue weighted by Gasteiger charge is 2.12. The van der Waals surface area contributed by atoms with Crippen molar-refractivity contribution >= 4 is 23.1 Å². The van der Waals surface area contributed by atoms with E-state index in [4.69, 9.17) is 11.6 Å². The number of carbonyl (C=O) groups is 1. The minimum absolute atomic E-state index is 0.0545. The highest BCUT2D eigenvalue weighted by atomic mass is 35.5. The van der Waals surface area contributed by atoms with E-state index in [0.29, 0.717) is 10.6 Å². The predicted molar refractivity (Wildman–Crippen MR) is 66.5 cm³/mol. The van der Waals surface area contributed by atoms with Gasteiger partial charge < -0.3 is 10.2 Å². The van der Waals surface area contributed by atoms with Gasteiger partial charge in [0.1, 0.15) is 0 Å². The number of benzene rings is 1. The van der Waals surface area contributed by atoms with Gasteiger partial charge in [-0.2, -0.15) is 0 Å². The molecule has 3 nitrogen and oxygen atoms in total. The van der Waals surface area contributed by atoms with Crippen molar-refractivity contribution in [1.82, 2.24) is 5.32 Å². The number of halogens is 1. The Hall–Kier alpha value is -1.06. The van der Waals surface area contributed by atoms with Crippen molar-refractivity contribution in [3.63, 3.8) is 0 Å². The van der Waals surface area contributed by atoms with Crippen LogP contribution in [-0.2, 0) is 0 Å². The number of anilines is 1. The summed E-state index contributed by atoms with van der Waals surface area (Å²) in [6.07, 6.45) is 0. The first-order chi connectivity index (χ1) is 7.66. The summed E-state index contributed by atoms with van der Waals surface area (Å²) < 4.78 is 0. The summed E-state index contributed by atoms with van der Waals surface area (Å²) in [5.74, 6) is 0.0545. The average molecular weight is 239 g/mol. The van der Waals surface area contributed by atoms with Gasteiger partial charge in [0.25, 0.3) is 0 Å². The fourth-order valence-corrected chi connectivity index (χ4v) is 2.11. The van der Waals surface area contributed by atoms with Gasteiger partial charge in [0.2, 0.25) is 0 Å². The lowest BCUT2D eigenvalue weighted by Crippen LogP contribution is -2.43. The monoisotopic (exact) mass is 238 g/mol. The van der Waals surface area contributed by atoms with Crippen LogP contribution in [0, 0.1) is 0 Å². The van der Waals surface area contributed by atoms with Crippen LogP contribution in [0.5, 0.6) is 0 Å². The lowest BCUT2D eigenvalue weighted by Gasteiger charge is -2.29. The van der Waals surface area contributed by atoms with Crippen LogP contribution < -0.4 is 10.2 Å². The molecule has 86 valence electrons. The van der Waals surface area contributed by atoms with Crippen molar-refractivity contribution in [2.45, 2.75) is 6.92 Å². The molecule has 1 aromatic rings. The Bertz CT molecular complexity index is 400. The van der Waals surface area contributed by atoms with Gasteiger partial charge in [0.05, 0.1) is 0 Å². The van der Waals surface area contributed by atoms with Crippen molar-refractivity contribution in [2.75, 3.05) is 31.1 Å². The number of ketones is 1. The molecule has 0 unspecified atom stereocenters. The molecule has 1 heterocycles. The van der Waals surface area contributed by atoms with Crippen LogP contribution in [-0.4, -0.2) is 32.0 Å². The first-order valence-electron chi connectivity index (χ1n) is 5.44. The lowest BCUT2D eigenvalue weighted by atomic mass is 10.1. The fourth-order valence-electron chi connectivity index (χ4n) is 1.88. The van der Waals surface area contributed by atoms with Gasteiger partial charge >= 0.3 is 0 Å². The Labute approximate surface area is 100 Å². The molecule has 1 aliphatic heterocycles. The Morgan fingerprint density at radius 1 is 1.31 bits per heavy atom. The zero-order chi connectivity index (χ0) is 11.5. The minimum Gasteiger partial charge on any atom is -0.369 e. The normalized spacial score (nSPS) is 16.2. The van der Waals surface area contributed by atoms with Gasteiger partial charge in [-0.05, 0) is 25.1 Å². The van der Waals surface area contributed by atoms with Gasteiger partial charge in [0.15, 0.2) is 5.78 Å². The van der Waals surface area contributed by atoms with Crippen LogP contribution in [0.3, 0.4) is 0 Å². The van der Waals surface area contributed by atoms with E-state index in [9.17, 15) is 4.79 Å². The second kappa shape index (κ2) is 4.85. The summed E-state index contributed by atoms with van der Waals surface area (Å²) in [5.41, 5.74) is 1.72. The Morgan fingerprint density at radius 2 is 2.00 bits per heavy atom. The summed E-state index contributed by atoms with van der Waals surface area (Å²) in [6, 6.07) is 5.55. The van der Waals surface area contributed by atoms with E-state index in [1.807, 2.05) is 12.1 Å². The van der Waals surface area contributed by atoms with Crippen molar-refractivity contribution in [1.29, 1.82) is 0 Å². The summed E-state index contributed by atoms with van der Waals surface area (Å²) in [7, 11) is 0. The summed E-state index contributed by atoms with van der Waals surface area (Å²) in [5, 5.41) is 3.92. The number of hydrogen-bond donors (Lipinski definition) is 1. The second-order valence-electron chi connectivity index (χ2n) is 3.99. The molecule has 0 spiro atoms. The zero-order valence-electron chi connectivity index (χ0n) is 9.29. The molecule has 1 fully saturated rings. The number of rotatable bonds is 2. The summed E-state index contributed by atoms with van der Waals surface area (Å²) in [4.78, 5) is 13.6. The number of hydrogen-bond acceptors (Lipinski definition) is 3. The fraction of sp³-hybridized carbons (Fsp3) is 0.417. The highest BCUT2D eigenvalue weighted by Crippen LogP contribution is 2.23. The van der Waals surface area contributed by atoms with Gasteiger partial charge in [-0.15, -0.1) is 0 Å². The minimum atomic E-state index is 0.0545. The van der Waals surface area contributed by atoms with E-state index in [2.05, 4.69) is 10.2 Å². The van der Waals surface area contributed by atoms with Gasteiger partial charge in [0, 0.05) is 42.5 Å². The van der Waals surface area contributed by atoms with Gasteiger partial charge in [-0.25, -0.2) is 0 Å². The molecule has 2 rings (SSSR count). The average Bonchev–Trinajstić information content (AvgIpc) is 2.29. The number of piperazine rings is 1. The third kappa shape index (κ3) is 2.54. The van der Waals surface area contributed by atoms with Crippen LogP contribution >= 0.6 is 11.6 Å². The molecular formula is C12H15ClN2O. The van der Waals surface area contributed by atoms with E-state index in [1.54, 1.807) is 13.0 Å². The predicted octanol–water partition coefficient (Wildman–Crippen LogP) is 1.95. The molecule has 0 atom stereocenters. The van der Waals surface area contributed by atoms with E-state index >= 15 is 0 Å². The number of Topliss-reactive ketones (excluding diaryl/α,β-unsaturated/α-hetero) is 1. The van der Waals surface area contributed by atoms with Crippen LogP contribution in [0.15, 0.2) is 18.2 Å². The van der Waals surface area contributed by atoms with Crippen LogP contribution in [0.4, 0.5) is 5.69 Å². The van der Waals surface area contributed by atoms with Crippen LogP contribution in [0.2, 0.25) is 5.02 Å². The van der Waals surface area contributed by atoms with Crippen LogP contribution in [0.25, 0.3) is 0 Å². The summed E-state index contributed by atoms with van der Waals surface area (Å²) >= 11 is 6.02. The van der Waals surface area contributed by atoms with Crippen molar-refractivity contribution in [3.05, 3.63) is 28.8 Å². The molecule has 16 heavy (non-hydrogen) atoms. The molecule has 1 N–H and O–H groups in total. The third-order valence-electron chi connectivity index (χ3n) is 2.77. The maximum absolute atomic E-state index is 11.3. The Kier molecular flexibility index (Phi) is 3.46. The molecule has 1 aliphatic rings. The molecule has 0 aromatic heterocycles. The van der Waals surface area contributed by atoms with E-state index in [0.717, 1.165) is 31.9 Å². The van der Waals surface area contributed by atoms with E-state index in [1.165, 1.54) is 0 Å². The molecule has 0 aliphatic carbocycles. The van der Waals surface area contributed by atoms with Crippen molar-refractivity contribution < 1.29 is 4.79 Å². The molecule has 0 saturated carbocycles. The van der Waals surface area contributed by atoms with Crippen LogP contribution in [0.1, 0.15) is 17.3 Å². The zero-order valence-corrected chi connectivity index (χ0v) is 10.0. The molecule has 0 radical (unpaired) electrons. The molecular weight excluding hydrogens is 224 g/mol. The van der Waals surface area contributed by atoms with E-state index < -0.39 is 0 Å². The molecule has 0 amide bonds. The van der Waals surface area contributed by atoms with Crippen molar-refractivity contribution in [3.8, 4) is 0 Å². The SMILES string of the molecule is CC(=O)c1cc(Cl)cc(N2CCNCC2)c1. The lowest BCUT2D eigenvalue weighted by molar-refractivity contribution is 0.101. The number of nitrogens with one attached hydrogen (secondary N) is 1. The molecule has 1 aromatic carbocycles. The topological polar surface area (TPSA) is 32.3 Å². The Balaban J connectivity index is 2.28.